The van der Waals surface area contributed by atoms with Crippen molar-refractivity contribution in [2.75, 3.05) is 11.9 Å². The molecule has 0 bridgehead atoms. The van der Waals surface area contributed by atoms with Crippen LogP contribution in [0, 0.1) is 6.92 Å². The van der Waals surface area contributed by atoms with Gasteiger partial charge in [0.15, 0.2) is 0 Å². The molecule has 0 heterocycles. The molecule has 2 aromatic rings. The third-order valence-electron chi connectivity index (χ3n) is 3.09. The Morgan fingerprint density at radius 2 is 2.00 bits per heavy atom. The van der Waals surface area contributed by atoms with Crippen molar-refractivity contribution in [3.05, 3.63) is 63.1 Å². The van der Waals surface area contributed by atoms with Gasteiger partial charge < -0.3 is 10.6 Å². The van der Waals surface area contributed by atoms with Crippen LogP contribution in [-0.4, -0.2) is 12.6 Å². The highest BCUT2D eigenvalue weighted by atomic mass is 79.9. The first-order valence-electron chi connectivity index (χ1n) is 6.60. The second-order valence-electron chi connectivity index (χ2n) is 4.68. The molecule has 0 aliphatic carbocycles. The van der Waals surface area contributed by atoms with Crippen molar-refractivity contribution in [2.24, 2.45) is 0 Å². The van der Waals surface area contributed by atoms with Gasteiger partial charge in [-0.2, -0.15) is 0 Å². The lowest BCUT2D eigenvalue weighted by Gasteiger charge is -2.10. The van der Waals surface area contributed by atoms with Crippen LogP contribution in [0.1, 0.15) is 11.1 Å². The van der Waals surface area contributed by atoms with Gasteiger partial charge in [0.25, 0.3) is 0 Å². The topological polar surface area (TPSA) is 41.1 Å². The lowest BCUT2D eigenvalue weighted by molar-refractivity contribution is 0.252. The number of benzene rings is 2. The summed E-state index contributed by atoms with van der Waals surface area (Å²) >= 11 is 9.42. The van der Waals surface area contributed by atoms with E-state index in [1.54, 1.807) is 12.1 Å². The van der Waals surface area contributed by atoms with Crippen molar-refractivity contribution in [3.63, 3.8) is 0 Å². The molecular formula is C16H16BrClN2O. The van der Waals surface area contributed by atoms with E-state index in [1.165, 1.54) is 0 Å². The molecule has 0 radical (unpaired) electrons. The lowest BCUT2D eigenvalue weighted by Crippen LogP contribution is -2.30. The minimum atomic E-state index is -0.229. The minimum absolute atomic E-state index is 0.229. The second-order valence-corrected chi connectivity index (χ2v) is 5.97. The van der Waals surface area contributed by atoms with Gasteiger partial charge in [-0.1, -0.05) is 51.8 Å². The van der Waals surface area contributed by atoms with Crippen molar-refractivity contribution in [1.29, 1.82) is 0 Å². The van der Waals surface area contributed by atoms with Crippen LogP contribution in [0.2, 0.25) is 5.02 Å². The number of amides is 2. The maximum Gasteiger partial charge on any atom is 0.319 e. The maximum absolute atomic E-state index is 11.9. The summed E-state index contributed by atoms with van der Waals surface area (Å²) in [5.41, 5.74) is 2.86. The summed E-state index contributed by atoms with van der Waals surface area (Å²) in [4.78, 5) is 11.9. The molecule has 0 fully saturated rings. The lowest BCUT2D eigenvalue weighted by atomic mass is 10.1. The van der Waals surface area contributed by atoms with Crippen LogP contribution in [-0.2, 0) is 6.42 Å². The Bertz CT molecular complexity index is 646. The number of urea groups is 1. The van der Waals surface area contributed by atoms with Crippen molar-refractivity contribution >= 4 is 39.2 Å². The normalized spacial score (nSPS) is 10.2. The number of hydrogen-bond acceptors (Lipinski definition) is 1. The van der Waals surface area contributed by atoms with E-state index in [4.69, 9.17) is 11.6 Å². The first-order chi connectivity index (χ1) is 10.1. The molecule has 0 saturated heterocycles. The van der Waals surface area contributed by atoms with Crippen LogP contribution in [0.4, 0.5) is 10.5 Å². The van der Waals surface area contributed by atoms with E-state index < -0.39 is 0 Å². The quantitative estimate of drug-likeness (QED) is 0.802. The molecule has 2 amide bonds. The third-order valence-corrected chi connectivity index (χ3v) is 4.09. The highest BCUT2D eigenvalue weighted by molar-refractivity contribution is 9.10. The van der Waals surface area contributed by atoms with Gasteiger partial charge in [-0.05, 0) is 42.7 Å². The monoisotopic (exact) mass is 366 g/mol. The summed E-state index contributed by atoms with van der Waals surface area (Å²) in [6, 6.07) is 13.2. The summed E-state index contributed by atoms with van der Waals surface area (Å²) in [6.07, 6.45) is 0.767. The highest BCUT2D eigenvalue weighted by Crippen LogP contribution is 2.20. The third kappa shape index (κ3) is 4.76. The standard InChI is InChI=1S/C16H16BrClN2O/c1-11-6-7-13(18)10-15(11)20-16(21)19-9-8-12-4-2-3-5-14(12)17/h2-7,10H,8-9H2,1H3,(H2,19,20,21). The van der Waals surface area contributed by atoms with Crippen molar-refractivity contribution in [3.8, 4) is 0 Å². The zero-order valence-electron chi connectivity index (χ0n) is 11.6. The molecule has 21 heavy (non-hydrogen) atoms. The predicted molar refractivity (Wildman–Crippen MR) is 91.1 cm³/mol. The molecule has 0 spiro atoms. The van der Waals surface area contributed by atoms with E-state index in [0.717, 1.165) is 27.7 Å². The molecule has 2 rings (SSSR count). The van der Waals surface area contributed by atoms with Gasteiger partial charge >= 0.3 is 6.03 Å². The Kier molecular flexibility index (Phi) is 5.65. The van der Waals surface area contributed by atoms with Gasteiger partial charge in [0.2, 0.25) is 0 Å². The fourth-order valence-corrected chi connectivity index (χ4v) is 2.56. The van der Waals surface area contributed by atoms with Crippen LogP contribution < -0.4 is 10.6 Å². The van der Waals surface area contributed by atoms with Crippen LogP contribution in [0.25, 0.3) is 0 Å². The van der Waals surface area contributed by atoms with Crippen molar-refractivity contribution < 1.29 is 4.79 Å². The molecular weight excluding hydrogens is 352 g/mol. The predicted octanol–water partition coefficient (Wildman–Crippen LogP) is 4.78. The molecule has 0 aliphatic rings. The summed E-state index contributed by atoms with van der Waals surface area (Å²) in [5, 5.41) is 6.25. The molecule has 5 heteroatoms. The van der Waals surface area contributed by atoms with E-state index in [-0.39, 0.29) is 6.03 Å². The van der Waals surface area contributed by atoms with Crippen molar-refractivity contribution in [2.45, 2.75) is 13.3 Å². The smallest absolute Gasteiger partial charge is 0.319 e. The average molecular weight is 368 g/mol. The van der Waals surface area contributed by atoms with Crippen LogP contribution in [0.3, 0.4) is 0 Å². The summed E-state index contributed by atoms with van der Waals surface area (Å²) in [6.45, 7) is 2.49. The highest BCUT2D eigenvalue weighted by Gasteiger charge is 2.05. The van der Waals surface area contributed by atoms with Crippen LogP contribution in [0.15, 0.2) is 46.9 Å². The van der Waals surface area contributed by atoms with Gasteiger partial charge in [0.05, 0.1) is 0 Å². The number of nitrogens with one attached hydrogen (secondary N) is 2. The molecule has 0 saturated carbocycles. The number of rotatable bonds is 4. The van der Waals surface area contributed by atoms with E-state index in [1.807, 2.05) is 37.3 Å². The minimum Gasteiger partial charge on any atom is -0.338 e. The second kappa shape index (κ2) is 7.48. The van der Waals surface area contributed by atoms with Gasteiger partial charge in [-0.15, -0.1) is 0 Å². The van der Waals surface area contributed by atoms with Gasteiger partial charge in [0.1, 0.15) is 0 Å². The molecule has 0 unspecified atom stereocenters. The molecule has 3 nitrogen and oxygen atoms in total. The molecule has 0 aliphatic heterocycles. The summed E-state index contributed by atoms with van der Waals surface area (Å²) < 4.78 is 1.05. The first-order valence-corrected chi connectivity index (χ1v) is 7.78. The average Bonchev–Trinajstić information content (AvgIpc) is 2.45. The fourth-order valence-electron chi connectivity index (χ4n) is 1.91. The first kappa shape index (κ1) is 15.9. The van der Waals surface area contributed by atoms with E-state index in [0.29, 0.717) is 11.6 Å². The van der Waals surface area contributed by atoms with E-state index in [9.17, 15) is 4.79 Å². The Morgan fingerprint density at radius 3 is 2.76 bits per heavy atom. The molecule has 2 N–H and O–H groups in total. The molecule has 0 atom stereocenters. The Morgan fingerprint density at radius 1 is 1.24 bits per heavy atom. The number of hydrogen-bond donors (Lipinski definition) is 2. The van der Waals surface area contributed by atoms with Gasteiger partial charge in [-0.3, -0.25) is 0 Å². The SMILES string of the molecule is Cc1ccc(Cl)cc1NC(=O)NCCc1ccccc1Br. The summed E-state index contributed by atoms with van der Waals surface area (Å²) in [7, 11) is 0. The number of carbonyl (C=O) groups excluding carboxylic acids is 1. The Labute approximate surface area is 137 Å². The van der Waals surface area contributed by atoms with Gasteiger partial charge in [-0.25, -0.2) is 4.79 Å². The number of aryl methyl sites for hydroxylation is 1. The number of carbonyl (C=O) groups is 1. The van der Waals surface area contributed by atoms with Crippen LogP contribution in [0.5, 0.6) is 0 Å². The fraction of sp³-hybridized carbons (Fsp3) is 0.188. The number of halogens is 2. The molecule has 110 valence electrons. The molecule has 2 aromatic carbocycles. The summed E-state index contributed by atoms with van der Waals surface area (Å²) in [5.74, 6) is 0. The number of anilines is 1. The maximum atomic E-state index is 11.9. The Hall–Kier alpha value is -1.52. The van der Waals surface area contributed by atoms with E-state index in [2.05, 4.69) is 26.6 Å². The Balaban J connectivity index is 1.85. The van der Waals surface area contributed by atoms with Gasteiger partial charge in [0, 0.05) is 21.7 Å². The largest absolute Gasteiger partial charge is 0.338 e. The molecule has 0 aromatic heterocycles. The van der Waals surface area contributed by atoms with Crippen LogP contribution >= 0.6 is 27.5 Å². The zero-order chi connectivity index (χ0) is 15.2. The zero-order valence-corrected chi connectivity index (χ0v) is 14.0. The van der Waals surface area contributed by atoms with E-state index >= 15 is 0 Å². The van der Waals surface area contributed by atoms with Crippen molar-refractivity contribution in [1.82, 2.24) is 5.32 Å².